The minimum Gasteiger partial charge on any atom is -0.192 e. The van der Waals surface area contributed by atoms with E-state index in [0.29, 0.717) is 0 Å². The first-order valence-corrected chi connectivity index (χ1v) is 10.00. The topological polar surface area (TPSA) is 3.88 Å². The van der Waals surface area contributed by atoms with Crippen molar-refractivity contribution in [2.45, 2.75) is 78.2 Å². The van der Waals surface area contributed by atoms with Gasteiger partial charge in [0.15, 0.2) is 11.7 Å². The molecule has 0 fully saturated rings. The fraction of sp³-hybridized carbons (Fsp3) is 0.480. The second-order valence-corrected chi connectivity index (χ2v) is 9.38. The molecular weight excluding hydrogens is 314 g/mol. The number of hydrogen-bond donors (Lipinski definition) is 0. The van der Waals surface area contributed by atoms with Crippen LogP contribution in [0.5, 0.6) is 0 Å². The number of benzene rings is 1. The molecule has 0 spiro atoms. The second-order valence-electron chi connectivity index (χ2n) is 9.38. The molecule has 0 saturated heterocycles. The Balaban J connectivity index is 2.38. The Morgan fingerprint density at radius 2 is 1.65 bits per heavy atom. The molecule has 1 aromatic heterocycles. The van der Waals surface area contributed by atoms with Gasteiger partial charge in [-0.25, -0.2) is 0 Å². The van der Waals surface area contributed by atoms with Crippen molar-refractivity contribution in [3.63, 3.8) is 0 Å². The number of aromatic nitrogens is 1. The molecule has 0 N–H and O–H groups in total. The highest BCUT2D eigenvalue weighted by Crippen LogP contribution is 2.51. The Bertz CT molecular complexity index is 1050. The van der Waals surface area contributed by atoms with Gasteiger partial charge in [0.2, 0.25) is 5.69 Å². The number of hydrogen-bond acceptors (Lipinski definition) is 0. The maximum Gasteiger partial charge on any atom is 0.221 e. The van der Waals surface area contributed by atoms with Gasteiger partial charge in [-0.1, -0.05) is 45.0 Å². The first kappa shape index (κ1) is 17.5. The van der Waals surface area contributed by atoms with Crippen LogP contribution >= 0.6 is 0 Å². The molecule has 0 amide bonds. The first-order valence-electron chi connectivity index (χ1n) is 10.00. The van der Waals surface area contributed by atoms with Crippen LogP contribution in [-0.2, 0) is 16.4 Å². The van der Waals surface area contributed by atoms with Gasteiger partial charge in [0.25, 0.3) is 0 Å². The normalized spacial score (nSPS) is 25.2. The fourth-order valence-corrected chi connectivity index (χ4v) is 5.44. The van der Waals surface area contributed by atoms with Crippen molar-refractivity contribution in [2.24, 2.45) is 0 Å². The highest BCUT2D eigenvalue weighted by molar-refractivity contribution is 5.81. The average molecular weight is 347 g/mol. The van der Waals surface area contributed by atoms with E-state index in [-0.39, 0.29) is 16.4 Å². The van der Waals surface area contributed by atoms with E-state index >= 15 is 0 Å². The van der Waals surface area contributed by atoms with Gasteiger partial charge in [-0.05, 0) is 49.1 Å². The van der Waals surface area contributed by atoms with E-state index in [1.54, 1.807) is 0 Å². The minimum absolute atomic E-state index is 0.0193. The molecule has 0 saturated carbocycles. The van der Waals surface area contributed by atoms with Crippen molar-refractivity contribution in [1.29, 1.82) is 0 Å². The van der Waals surface area contributed by atoms with Gasteiger partial charge in [0.1, 0.15) is 0 Å². The molecule has 1 nitrogen and oxygen atoms in total. The van der Waals surface area contributed by atoms with E-state index in [0.717, 1.165) is 6.42 Å². The van der Waals surface area contributed by atoms with Gasteiger partial charge in [0.05, 0.1) is 16.2 Å². The van der Waals surface area contributed by atoms with Crippen LogP contribution < -0.4 is 15.0 Å². The van der Waals surface area contributed by atoms with Crippen LogP contribution in [0.4, 0.5) is 0 Å². The molecule has 136 valence electrons. The summed E-state index contributed by atoms with van der Waals surface area (Å²) in [5.74, 6) is 0. The molecule has 1 aliphatic carbocycles. The Labute approximate surface area is 158 Å². The van der Waals surface area contributed by atoms with Crippen molar-refractivity contribution in [3.8, 4) is 11.3 Å². The predicted octanol–water partition coefficient (Wildman–Crippen LogP) is 4.32. The average Bonchev–Trinajstić information content (AvgIpc) is 2.62. The zero-order valence-electron chi connectivity index (χ0n) is 17.6. The molecule has 2 heterocycles. The van der Waals surface area contributed by atoms with Crippen LogP contribution in [0.1, 0.15) is 72.9 Å². The van der Waals surface area contributed by atoms with Crippen molar-refractivity contribution in [3.05, 3.63) is 52.0 Å². The van der Waals surface area contributed by atoms with Crippen molar-refractivity contribution < 1.29 is 4.57 Å². The summed E-state index contributed by atoms with van der Waals surface area (Å²) in [7, 11) is 0. The van der Waals surface area contributed by atoms with Gasteiger partial charge in [0, 0.05) is 25.3 Å². The summed E-state index contributed by atoms with van der Waals surface area (Å²) in [6.07, 6.45) is 5.72. The molecule has 4 rings (SSSR count). The van der Waals surface area contributed by atoms with Crippen LogP contribution in [0, 0.1) is 0 Å². The van der Waals surface area contributed by atoms with Crippen LogP contribution in [0.2, 0.25) is 0 Å². The lowest BCUT2D eigenvalue weighted by Crippen LogP contribution is -2.69. The maximum absolute atomic E-state index is 2.57. The summed E-state index contributed by atoms with van der Waals surface area (Å²) in [4.78, 5) is 0. The summed E-state index contributed by atoms with van der Waals surface area (Å²) in [6.45, 7) is 18.9. The summed E-state index contributed by atoms with van der Waals surface area (Å²) in [5.41, 5.74) is 7.58. The molecule has 1 heteroatoms. The lowest BCUT2D eigenvalue weighted by Gasteiger charge is -2.47. The minimum atomic E-state index is 0.0193. The van der Waals surface area contributed by atoms with Crippen molar-refractivity contribution in [2.75, 3.05) is 0 Å². The summed E-state index contributed by atoms with van der Waals surface area (Å²) >= 11 is 0. The zero-order chi connectivity index (χ0) is 19.1. The van der Waals surface area contributed by atoms with Gasteiger partial charge in [-0.15, -0.1) is 0 Å². The third-order valence-corrected chi connectivity index (χ3v) is 8.02. The summed E-state index contributed by atoms with van der Waals surface area (Å²) in [6, 6.07) is 9.33. The maximum atomic E-state index is 2.57. The lowest BCUT2D eigenvalue weighted by atomic mass is 9.59. The Hall–Kier alpha value is -1.89. The SMILES string of the molecule is CC=c1cc[n+]2c3c1=C(C)C(C)(C)c1cccc(c1-3)C(C)(CC)C2(C)C. The molecule has 0 radical (unpaired) electrons. The highest BCUT2D eigenvalue weighted by Gasteiger charge is 2.56. The van der Waals surface area contributed by atoms with Gasteiger partial charge in [-0.2, -0.15) is 4.57 Å². The molecule has 2 aliphatic rings. The third-order valence-electron chi connectivity index (χ3n) is 8.02. The molecular formula is C25H32N+. The summed E-state index contributed by atoms with van der Waals surface area (Å²) < 4.78 is 2.57. The third kappa shape index (κ3) is 1.75. The highest BCUT2D eigenvalue weighted by atomic mass is 15.1. The zero-order valence-corrected chi connectivity index (χ0v) is 17.6. The standard InChI is InChI=1S/C25H32N/c1-9-17-14-15-26-22-20(17)16(3)23(4,5)18-12-11-13-19(21(18)22)25(8,10-2)24(26,6)7/h9,11-15H,10H2,1-8H3/q+1. The second kappa shape index (κ2) is 5.09. The van der Waals surface area contributed by atoms with Crippen LogP contribution in [0.25, 0.3) is 22.9 Å². The molecule has 1 aliphatic heterocycles. The molecule has 1 unspecified atom stereocenters. The largest absolute Gasteiger partial charge is 0.221 e. The van der Waals surface area contributed by atoms with Crippen LogP contribution in [-0.4, -0.2) is 0 Å². The summed E-state index contributed by atoms with van der Waals surface area (Å²) in [5, 5.41) is 2.81. The number of rotatable bonds is 1. The molecule has 26 heavy (non-hydrogen) atoms. The van der Waals surface area contributed by atoms with Crippen molar-refractivity contribution >= 4 is 11.6 Å². The van der Waals surface area contributed by atoms with Gasteiger partial charge < -0.3 is 0 Å². The van der Waals surface area contributed by atoms with E-state index in [1.165, 1.54) is 38.4 Å². The Morgan fingerprint density at radius 3 is 2.27 bits per heavy atom. The Kier molecular flexibility index (Phi) is 3.43. The van der Waals surface area contributed by atoms with E-state index < -0.39 is 0 Å². The van der Waals surface area contributed by atoms with E-state index in [1.807, 2.05) is 0 Å². The van der Waals surface area contributed by atoms with E-state index in [2.05, 4.69) is 96.5 Å². The quantitative estimate of drug-likeness (QED) is 0.677. The number of nitrogens with zero attached hydrogens (tertiary/aromatic N) is 1. The van der Waals surface area contributed by atoms with Crippen LogP contribution in [0.15, 0.2) is 30.5 Å². The molecule has 1 atom stereocenters. The Morgan fingerprint density at radius 1 is 1.00 bits per heavy atom. The molecule has 1 aromatic carbocycles. The monoisotopic (exact) mass is 346 g/mol. The molecule has 0 bridgehead atoms. The lowest BCUT2D eigenvalue weighted by molar-refractivity contribution is -0.761. The number of pyridine rings is 1. The smallest absolute Gasteiger partial charge is 0.192 e. The van der Waals surface area contributed by atoms with Crippen LogP contribution in [0.3, 0.4) is 0 Å². The van der Waals surface area contributed by atoms with E-state index in [9.17, 15) is 0 Å². The fourth-order valence-electron chi connectivity index (χ4n) is 5.44. The van der Waals surface area contributed by atoms with Crippen molar-refractivity contribution in [1.82, 2.24) is 0 Å². The first-order chi connectivity index (χ1) is 12.1. The molecule has 2 aromatic rings. The predicted molar refractivity (Wildman–Crippen MR) is 111 cm³/mol. The van der Waals surface area contributed by atoms with Gasteiger partial charge in [-0.3, -0.25) is 0 Å². The van der Waals surface area contributed by atoms with E-state index in [4.69, 9.17) is 0 Å². The van der Waals surface area contributed by atoms with Gasteiger partial charge >= 0.3 is 0 Å².